The van der Waals surface area contributed by atoms with Gasteiger partial charge in [0.2, 0.25) is 5.95 Å². The molecule has 0 aromatic carbocycles. The second kappa shape index (κ2) is 9.37. The van der Waals surface area contributed by atoms with Gasteiger partial charge in [-0.2, -0.15) is 23.1 Å². The lowest BCUT2D eigenvalue weighted by atomic mass is 10.0. The van der Waals surface area contributed by atoms with Crippen molar-refractivity contribution in [2.24, 2.45) is 0 Å². The zero-order valence-corrected chi connectivity index (χ0v) is 18.8. The molecule has 0 saturated carbocycles. The number of hydrogen-bond acceptors (Lipinski definition) is 9. The minimum absolute atomic E-state index is 0.0792. The van der Waals surface area contributed by atoms with E-state index in [1.165, 1.54) is 0 Å². The van der Waals surface area contributed by atoms with Crippen LogP contribution in [0.1, 0.15) is 33.4 Å². The number of esters is 2. The van der Waals surface area contributed by atoms with Gasteiger partial charge in [0.25, 0.3) is 0 Å². The molecule has 1 aliphatic heterocycles. The van der Waals surface area contributed by atoms with E-state index in [1.807, 2.05) is 0 Å². The predicted octanol–water partition coefficient (Wildman–Crippen LogP) is 1.90. The molecule has 0 radical (unpaired) electrons. The topological polar surface area (TPSA) is 141 Å². The van der Waals surface area contributed by atoms with Crippen LogP contribution < -0.4 is 11.4 Å². The van der Waals surface area contributed by atoms with E-state index in [1.54, 1.807) is 6.92 Å². The van der Waals surface area contributed by atoms with Crippen molar-refractivity contribution in [1.82, 2.24) is 19.1 Å². The van der Waals surface area contributed by atoms with Crippen LogP contribution in [-0.2, 0) is 30.3 Å². The number of aromatic nitrogens is 4. The highest BCUT2D eigenvalue weighted by molar-refractivity contribution is 6.33. The second-order valence-corrected chi connectivity index (χ2v) is 7.82. The van der Waals surface area contributed by atoms with Gasteiger partial charge in [0, 0.05) is 13.8 Å². The zero-order valence-electron chi connectivity index (χ0n) is 18.0. The molecule has 0 aliphatic carbocycles. The Morgan fingerprint density at radius 2 is 1.91 bits per heavy atom. The summed E-state index contributed by atoms with van der Waals surface area (Å²) in [6.07, 6.45) is -13.2. The summed E-state index contributed by atoms with van der Waals surface area (Å²) in [6, 6.07) is 0. The van der Waals surface area contributed by atoms with Gasteiger partial charge in [-0.1, -0.05) is 18.5 Å². The highest BCUT2D eigenvalue weighted by Gasteiger charge is 2.53. The van der Waals surface area contributed by atoms with E-state index in [4.69, 9.17) is 31.5 Å². The van der Waals surface area contributed by atoms with Crippen LogP contribution in [0.5, 0.6) is 0 Å². The molecule has 3 rings (SSSR count). The Hall–Kier alpha value is -2.94. The third kappa shape index (κ3) is 4.94. The Bertz CT molecular complexity index is 1170. The van der Waals surface area contributed by atoms with E-state index in [0.29, 0.717) is 4.57 Å². The minimum atomic E-state index is -4.85. The number of alkyl halides is 4. The number of fused-ring (bicyclic) bond motifs is 1. The van der Waals surface area contributed by atoms with Crippen LogP contribution in [0.4, 0.5) is 23.5 Å². The molecule has 188 valence electrons. The van der Waals surface area contributed by atoms with Crippen molar-refractivity contribution >= 4 is 40.7 Å². The molecule has 3 heterocycles. The first-order valence-electron chi connectivity index (χ1n) is 9.89. The number of carbonyl (C=O) groups excluding carboxylic acids is 2. The van der Waals surface area contributed by atoms with Crippen LogP contribution in [0, 0.1) is 0 Å². The first kappa shape index (κ1) is 25.7. The van der Waals surface area contributed by atoms with Crippen LogP contribution in [0.3, 0.4) is 0 Å². The van der Waals surface area contributed by atoms with E-state index in [9.17, 15) is 27.6 Å². The van der Waals surface area contributed by atoms with E-state index < -0.39 is 83.3 Å². The Morgan fingerprint density at radius 1 is 1.26 bits per heavy atom. The standard InChI is InChI=1S/C18H20ClF4N5O6/c1-4-8(32-6(2)29)11-9(20)12(33-7(3)30)15(34-11)28-14-10(13(19)25-16(24)26-14)27(17(28)31)5-18(21,22)23/h8-9,11-12,15H,4-5H2,1-3H3,(H2,24,25,26)/t8?,9-,11+,12+,15+/m0/s1. The Kier molecular flexibility index (Phi) is 7.07. The van der Waals surface area contributed by atoms with Crippen molar-refractivity contribution in [1.29, 1.82) is 0 Å². The number of rotatable bonds is 6. The first-order chi connectivity index (χ1) is 15.7. The third-order valence-corrected chi connectivity index (χ3v) is 5.22. The fraction of sp³-hybridized carbons (Fsp3) is 0.611. The van der Waals surface area contributed by atoms with Crippen LogP contribution in [0.2, 0.25) is 5.15 Å². The number of nitrogen functional groups attached to an aromatic ring is 1. The van der Waals surface area contributed by atoms with E-state index >= 15 is 4.39 Å². The Labute approximate surface area is 193 Å². The van der Waals surface area contributed by atoms with Crippen molar-refractivity contribution in [3.05, 3.63) is 15.6 Å². The number of anilines is 1. The number of hydrogen-bond donors (Lipinski definition) is 1. The maximum Gasteiger partial charge on any atom is 0.406 e. The highest BCUT2D eigenvalue weighted by Crippen LogP contribution is 2.38. The zero-order chi connectivity index (χ0) is 25.5. The number of halogens is 5. The Morgan fingerprint density at radius 3 is 2.44 bits per heavy atom. The summed E-state index contributed by atoms with van der Waals surface area (Å²) in [4.78, 5) is 43.6. The van der Waals surface area contributed by atoms with Crippen molar-refractivity contribution in [2.45, 2.75) is 70.6 Å². The van der Waals surface area contributed by atoms with E-state index in [-0.39, 0.29) is 11.0 Å². The molecule has 34 heavy (non-hydrogen) atoms. The van der Waals surface area contributed by atoms with E-state index in [2.05, 4.69) is 9.97 Å². The molecule has 2 aromatic rings. The molecule has 2 N–H and O–H groups in total. The fourth-order valence-electron chi connectivity index (χ4n) is 3.77. The summed E-state index contributed by atoms with van der Waals surface area (Å²) in [5, 5.41) is -0.565. The van der Waals surface area contributed by atoms with Crippen molar-refractivity contribution < 1.29 is 41.4 Å². The molecule has 1 unspecified atom stereocenters. The quantitative estimate of drug-likeness (QED) is 0.348. The molecule has 0 spiro atoms. The fourth-order valence-corrected chi connectivity index (χ4v) is 4.05. The number of ether oxygens (including phenoxy) is 3. The maximum atomic E-state index is 15.4. The number of carbonyl (C=O) groups is 2. The summed E-state index contributed by atoms with van der Waals surface area (Å²) in [5.41, 5.74) is 3.19. The Balaban J connectivity index is 2.23. The SMILES string of the molecule is CCC(OC(C)=O)[C@H]1O[C@@H](n2c(=O)n(CC(F)(F)F)c3c(Cl)nc(N)nc32)[C@H](OC(C)=O)[C@H]1F. The normalized spacial score (nSPS) is 23.8. The molecule has 5 atom stereocenters. The van der Waals surface area contributed by atoms with Gasteiger partial charge in [0.1, 0.15) is 24.3 Å². The molecule has 16 heteroatoms. The molecule has 11 nitrogen and oxygen atoms in total. The molecule has 0 amide bonds. The highest BCUT2D eigenvalue weighted by atomic mass is 35.5. The third-order valence-electron chi connectivity index (χ3n) is 4.96. The van der Waals surface area contributed by atoms with Crippen molar-refractivity contribution in [3.63, 3.8) is 0 Å². The molecule has 1 fully saturated rings. The molecular weight excluding hydrogens is 494 g/mol. The lowest BCUT2D eigenvalue weighted by Gasteiger charge is -2.23. The molecule has 0 bridgehead atoms. The molecule has 2 aromatic heterocycles. The van der Waals surface area contributed by atoms with Gasteiger partial charge in [-0.25, -0.2) is 13.8 Å². The van der Waals surface area contributed by atoms with Crippen molar-refractivity contribution in [3.8, 4) is 0 Å². The number of nitrogens with zero attached hydrogens (tertiary/aromatic N) is 4. The van der Waals surface area contributed by atoms with E-state index in [0.717, 1.165) is 13.8 Å². The summed E-state index contributed by atoms with van der Waals surface area (Å²) >= 11 is 5.97. The second-order valence-electron chi connectivity index (χ2n) is 7.46. The monoisotopic (exact) mass is 513 g/mol. The maximum absolute atomic E-state index is 15.4. The summed E-state index contributed by atoms with van der Waals surface area (Å²) in [6.45, 7) is 1.84. The van der Waals surface area contributed by atoms with Gasteiger partial charge in [-0.15, -0.1) is 0 Å². The predicted molar refractivity (Wildman–Crippen MR) is 107 cm³/mol. The van der Waals surface area contributed by atoms with Gasteiger partial charge in [0.05, 0.1) is 0 Å². The van der Waals surface area contributed by atoms with Gasteiger partial charge in [0.15, 0.2) is 29.3 Å². The minimum Gasteiger partial charge on any atom is -0.460 e. The van der Waals surface area contributed by atoms with Gasteiger partial charge in [-0.3, -0.25) is 14.2 Å². The smallest absolute Gasteiger partial charge is 0.406 e. The molecule has 1 saturated heterocycles. The van der Waals surface area contributed by atoms with Crippen LogP contribution in [0.25, 0.3) is 11.2 Å². The largest absolute Gasteiger partial charge is 0.460 e. The van der Waals surface area contributed by atoms with Gasteiger partial charge >= 0.3 is 23.8 Å². The first-order valence-corrected chi connectivity index (χ1v) is 10.3. The summed E-state index contributed by atoms with van der Waals surface area (Å²) in [7, 11) is 0. The van der Waals surface area contributed by atoms with Crippen LogP contribution in [0.15, 0.2) is 4.79 Å². The summed E-state index contributed by atoms with van der Waals surface area (Å²) in [5.74, 6) is -2.19. The lowest BCUT2D eigenvalue weighted by molar-refractivity contribution is -0.159. The number of imidazole rings is 1. The molecule has 1 aliphatic rings. The summed E-state index contributed by atoms with van der Waals surface area (Å²) < 4.78 is 71.6. The van der Waals surface area contributed by atoms with Gasteiger partial charge in [-0.05, 0) is 6.42 Å². The van der Waals surface area contributed by atoms with Gasteiger partial charge < -0.3 is 19.9 Å². The van der Waals surface area contributed by atoms with Crippen LogP contribution in [-0.4, -0.2) is 61.7 Å². The lowest BCUT2D eigenvalue weighted by Crippen LogP contribution is -2.40. The van der Waals surface area contributed by atoms with Crippen LogP contribution >= 0.6 is 11.6 Å². The molecular formula is C18H20ClF4N5O6. The average molecular weight is 514 g/mol. The average Bonchev–Trinajstić information content (AvgIpc) is 3.13. The van der Waals surface area contributed by atoms with Crippen molar-refractivity contribution in [2.75, 3.05) is 5.73 Å². The number of nitrogens with two attached hydrogens (primary N) is 1.